The van der Waals surface area contributed by atoms with Crippen molar-refractivity contribution in [1.82, 2.24) is 28.5 Å². The number of carbonyl (C=O) groups is 1. The molecule has 256 valence electrons. The fraction of sp³-hybridized carbons (Fsp3) is 0.444. The molecule has 20 heteroatoms. The fourth-order valence-corrected chi connectivity index (χ4v) is 6.20. The highest BCUT2D eigenvalue weighted by molar-refractivity contribution is 7.50. The summed E-state index contributed by atoms with van der Waals surface area (Å²) in [6, 6.07) is 4.79. The molecule has 47 heavy (non-hydrogen) atoms. The summed E-state index contributed by atoms with van der Waals surface area (Å²) in [5.41, 5.74) is -1.36. The predicted molar refractivity (Wildman–Crippen MR) is 163 cm³/mol. The third-order valence-corrected chi connectivity index (χ3v) is 8.88. The molecule has 0 aliphatic carbocycles. The number of aromatic nitrogens is 6. The van der Waals surface area contributed by atoms with Crippen molar-refractivity contribution in [2.45, 2.75) is 72.3 Å². The molecule has 0 spiro atoms. The number of benzene rings is 1. The highest BCUT2D eigenvalue weighted by Crippen LogP contribution is 2.35. The summed E-state index contributed by atoms with van der Waals surface area (Å²) in [7, 11) is -6.37. The molecule has 3 heterocycles. The van der Waals surface area contributed by atoms with Crippen LogP contribution in [0.15, 0.2) is 46.2 Å². The van der Waals surface area contributed by atoms with E-state index in [2.05, 4.69) is 14.4 Å². The first-order chi connectivity index (χ1) is 22.2. The van der Waals surface area contributed by atoms with Gasteiger partial charge in [0.25, 0.3) is 5.56 Å². The summed E-state index contributed by atoms with van der Waals surface area (Å²) in [6.07, 6.45) is -2.79. The second-order valence-corrected chi connectivity index (χ2v) is 12.7. The van der Waals surface area contributed by atoms with E-state index >= 15 is 0 Å². The number of esters is 1. The number of hydrogen-bond acceptors (Lipinski definition) is 10. The maximum atomic E-state index is 13.6. The summed E-state index contributed by atoms with van der Waals surface area (Å²) >= 11 is 0. The number of fused-ring (bicyclic) bond motifs is 1. The van der Waals surface area contributed by atoms with Crippen LogP contribution in [-0.2, 0) is 60.3 Å². The van der Waals surface area contributed by atoms with E-state index in [4.69, 9.17) is 14.4 Å². The number of carbonyl (C=O) groups excluding carboxylic acids is 1. The third-order valence-electron chi connectivity index (χ3n) is 6.86. The number of alkyl halides is 3. The van der Waals surface area contributed by atoms with Crippen LogP contribution >= 0.6 is 16.3 Å². The maximum Gasteiger partial charge on any atom is 0.416 e. The topological polar surface area (TPSA) is 179 Å². The minimum absolute atomic E-state index is 0.0207. The number of halogens is 3. The molecule has 15 nitrogen and oxygen atoms in total. The van der Waals surface area contributed by atoms with Gasteiger partial charge < -0.3 is 14.4 Å². The van der Waals surface area contributed by atoms with E-state index in [9.17, 15) is 36.7 Å². The normalized spacial score (nSPS) is 13.9. The van der Waals surface area contributed by atoms with Gasteiger partial charge in [-0.05, 0) is 38.0 Å². The second kappa shape index (κ2) is 15.4. The Bertz CT molecular complexity index is 1920. The number of rotatable bonds is 15. The fourth-order valence-electron chi connectivity index (χ4n) is 4.77. The standard InChI is InChI=1S/C27H33F3N6O9P2/c1-4-9-35-25(38)22-24(34(5-2)26(35)39)32-23(36(22)15-43-21(37)10-17(3)44-16-46(40)45-47(41)42)19-12-31-33(14-19)13-18-7-6-8-20(11-18)27(28,29)30/h6-8,11-12,14,17,46-47H,4-5,9-10,13,15-16H2,1-3H3,(H,41,42). The minimum Gasteiger partial charge on any atom is -0.444 e. The summed E-state index contributed by atoms with van der Waals surface area (Å²) < 4.78 is 82.1. The lowest BCUT2D eigenvalue weighted by Gasteiger charge is -2.14. The number of hydrogen-bond donors (Lipinski definition) is 1. The van der Waals surface area contributed by atoms with Crippen molar-refractivity contribution in [3.8, 4) is 11.4 Å². The molecular weight excluding hydrogens is 671 g/mol. The molecule has 1 aromatic carbocycles. The smallest absolute Gasteiger partial charge is 0.416 e. The summed E-state index contributed by atoms with van der Waals surface area (Å²) in [4.78, 5) is 52.8. The third kappa shape index (κ3) is 8.76. The summed E-state index contributed by atoms with van der Waals surface area (Å²) in [5.74, 6) is -0.671. The Morgan fingerprint density at radius 1 is 1.13 bits per heavy atom. The maximum absolute atomic E-state index is 13.6. The van der Waals surface area contributed by atoms with Crippen LogP contribution in [0.1, 0.15) is 44.7 Å². The molecule has 3 aromatic heterocycles. The molecule has 0 aliphatic rings. The van der Waals surface area contributed by atoms with E-state index < -0.39 is 64.4 Å². The molecule has 0 aliphatic heterocycles. The lowest BCUT2D eigenvalue weighted by molar-refractivity contribution is -0.150. The van der Waals surface area contributed by atoms with Crippen LogP contribution < -0.4 is 11.2 Å². The zero-order valence-corrected chi connectivity index (χ0v) is 27.5. The number of nitrogens with zero attached hydrogens (tertiary/aromatic N) is 6. The molecule has 1 N–H and O–H groups in total. The lowest BCUT2D eigenvalue weighted by atomic mass is 10.1. The van der Waals surface area contributed by atoms with Gasteiger partial charge in [0.15, 0.2) is 17.9 Å². The lowest BCUT2D eigenvalue weighted by Crippen LogP contribution is -2.40. The molecule has 4 aromatic rings. The first-order valence-corrected chi connectivity index (χ1v) is 17.2. The SMILES string of the molecule is CCCn1c(=O)c2c(nc(-c3cnn(Cc4cccc(C(F)(F)F)c4)c3)n2COC(=O)CC(C)OC[PH](=O)O[PH](=O)O)n(CC)c1=O. The number of ether oxygens (including phenoxy) is 2. The Morgan fingerprint density at radius 3 is 2.53 bits per heavy atom. The first kappa shape index (κ1) is 36.0. The van der Waals surface area contributed by atoms with Gasteiger partial charge in [-0.15, -0.1) is 0 Å². The van der Waals surface area contributed by atoms with Gasteiger partial charge in [-0.25, -0.2) is 9.78 Å². The van der Waals surface area contributed by atoms with Gasteiger partial charge in [-0.1, -0.05) is 19.1 Å². The average Bonchev–Trinajstić information content (AvgIpc) is 3.61. The highest BCUT2D eigenvalue weighted by Gasteiger charge is 2.30. The second-order valence-electron chi connectivity index (χ2n) is 10.4. The Balaban J connectivity index is 1.67. The monoisotopic (exact) mass is 704 g/mol. The Morgan fingerprint density at radius 2 is 1.87 bits per heavy atom. The molecule has 0 radical (unpaired) electrons. The molecular formula is C27H33F3N6O9P2. The summed E-state index contributed by atoms with van der Waals surface area (Å²) in [6.45, 7) is 4.73. The van der Waals surface area contributed by atoms with Crippen LogP contribution in [0.4, 0.5) is 13.2 Å². The molecule has 3 unspecified atom stereocenters. The van der Waals surface area contributed by atoms with Gasteiger partial charge in [0.2, 0.25) is 8.03 Å². The molecule has 3 atom stereocenters. The minimum atomic E-state index is -4.52. The number of aryl methyl sites for hydroxylation is 1. The van der Waals surface area contributed by atoms with Crippen molar-refractivity contribution in [2.24, 2.45) is 0 Å². The van der Waals surface area contributed by atoms with Crippen LogP contribution in [0.2, 0.25) is 0 Å². The van der Waals surface area contributed by atoms with Gasteiger partial charge in [0.05, 0.1) is 36.4 Å². The molecule has 0 saturated heterocycles. The number of imidazole rings is 1. The van der Waals surface area contributed by atoms with E-state index in [1.54, 1.807) is 13.8 Å². The Hall–Kier alpha value is -3.82. The molecule has 0 saturated carbocycles. The largest absolute Gasteiger partial charge is 0.444 e. The van der Waals surface area contributed by atoms with E-state index in [0.717, 1.165) is 16.7 Å². The van der Waals surface area contributed by atoms with Crippen LogP contribution in [0.5, 0.6) is 0 Å². The average molecular weight is 705 g/mol. The van der Waals surface area contributed by atoms with E-state index in [1.165, 1.54) is 45.3 Å². The van der Waals surface area contributed by atoms with Gasteiger partial charge in [-0.2, -0.15) is 18.3 Å². The van der Waals surface area contributed by atoms with E-state index in [1.807, 2.05) is 0 Å². The van der Waals surface area contributed by atoms with Gasteiger partial charge in [0.1, 0.15) is 12.2 Å². The highest BCUT2D eigenvalue weighted by atomic mass is 31.2. The molecule has 0 bridgehead atoms. The van der Waals surface area contributed by atoms with E-state index in [0.29, 0.717) is 17.5 Å². The van der Waals surface area contributed by atoms with Crippen molar-refractivity contribution >= 4 is 33.4 Å². The van der Waals surface area contributed by atoms with Crippen LogP contribution in [0, 0.1) is 0 Å². The Kier molecular flexibility index (Phi) is 11.8. The Labute approximate surface area is 266 Å². The van der Waals surface area contributed by atoms with Gasteiger partial charge >= 0.3 is 26.1 Å². The van der Waals surface area contributed by atoms with Crippen molar-refractivity contribution in [3.63, 3.8) is 0 Å². The first-order valence-electron chi connectivity index (χ1n) is 14.4. The van der Waals surface area contributed by atoms with Crippen LogP contribution in [0.25, 0.3) is 22.6 Å². The van der Waals surface area contributed by atoms with Gasteiger partial charge in [0, 0.05) is 19.3 Å². The summed E-state index contributed by atoms with van der Waals surface area (Å²) in [5, 5.41) is 4.25. The van der Waals surface area contributed by atoms with Gasteiger partial charge in [-0.3, -0.25) is 41.4 Å². The zero-order valence-electron chi connectivity index (χ0n) is 25.5. The molecule has 4 rings (SSSR count). The molecule has 0 amide bonds. The van der Waals surface area contributed by atoms with Crippen LogP contribution in [-0.4, -0.2) is 51.8 Å². The van der Waals surface area contributed by atoms with Crippen molar-refractivity contribution in [1.29, 1.82) is 0 Å². The zero-order chi connectivity index (χ0) is 34.5. The van der Waals surface area contributed by atoms with Crippen molar-refractivity contribution in [3.05, 3.63) is 68.6 Å². The predicted octanol–water partition coefficient (Wildman–Crippen LogP) is 3.85. The van der Waals surface area contributed by atoms with Crippen LogP contribution in [0.3, 0.4) is 0 Å². The quantitative estimate of drug-likeness (QED) is 0.140. The van der Waals surface area contributed by atoms with Crippen molar-refractivity contribution in [2.75, 3.05) is 6.35 Å². The van der Waals surface area contributed by atoms with E-state index in [-0.39, 0.29) is 43.0 Å². The van der Waals surface area contributed by atoms with Crippen molar-refractivity contribution < 1.29 is 45.8 Å². The molecule has 0 fully saturated rings.